The number of hydrogen-bond acceptors (Lipinski definition) is 8. The van der Waals surface area contributed by atoms with Gasteiger partial charge in [-0.05, 0) is 68.6 Å². The van der Waals surface area contributed by atoms with E-state index >= 15 is 0 Å². The molecule has 202 valence electrons. The van der Waals surface area contributed by atoms with E-state index in [1.807, 2.05) is 31.2 Å². The zero-order valence-corrected chi connectivity index (χ0v) is 22.7. The third-order valence-corrected chi connectivity index (χ3v) is 9.13. The molecule has 2 N–H and O–H groups in total. The highest BCUT2D eigenvalue weighted by molar-refractivity contribution is 5.77. The first-order valence-electron chi connectivity index (χ1n) is 13.8. The van der Waals surface area contributed by atoms with Crippen LogP contribution in [0.25, 0.3) is 16.9 Å². The summed E-state index contributed by atoms with van der Waals surface area (Å²) in [5.41, 5.74) is 3.17. The van der Waals surface area contributed by atoms with Crippen LogP contribution < -0.4 is 15.8 Å². The maximum Gasteiger partial charge on any atom is 0.277 e. The first-order valence-corrected chi connectivity index (χ1v) is 13.8. The summed E-state index contributed by atoms with van der Waals surface area (Å²) in [6.07, 6.45) is 5.08. The number of pyridine rings is 1. The molecule has 1 aliphatic heterocycles. The van der Waals surface area contributed by atoms with Crippen molar-refractivity contribution in [1.29, 1.82) is 0 Å². The van der Waals surface area contributed by atoms with Gasteiger partial charge >= 0.3 is 0 Å². The molecule has 10 nitrogen and oxygen atoms in total. The minimum Gasteiger partial charge on any atom is -0.383 e. The Bertz CT molecular complexity index is 1630. The molecule has 10 heteroatoms. The quantitative estimate of drug-likeness (QED) is 0.409. The van der Waals surface area contributed by atoms with Crippen LogP contribution in [0.2, 0.25) is 0 Å². The smallest absolute Gasteiger partial charge is 0.277 e. The Kier molecular flexibility index (Phi) is 5.37. The van der Waals surface area contributed by atoms with Gasteiger partial charge in [-0.3, -0.25) is 4.79 Å². The van der Waals surface area contributed by atoms with Crippen LogP contribution in [0.1, 0.15) is 37.4 Å². The average molecular weight is 527 g/mol. The second-order valence-corrected chi connectivity index (χ2v) is 11.4. The number of nitrogens with one attached hydrogen (secondary N) is 1. The first-order chi connectivity index (χ1) is 18.8. The van der Waals surface area contributed by atoms with Gasteiger partial charge < -0.3 is 20.2 Å². The van der Waals surface area contributed by atoms with Gasteiger partial charge in [-0.15, -0.1) is 0 Å². The second-order valence-electron chi connectivity index (χ2n) is 11.4. The van der Waals surface area contributed by atoms with Crippen molar-refractivity contribution in [2.45, 2.75) is 38.2 Å². The second kappa shape index (κ2) is 8.62. The predicted molar refractivity (Wildman–Crippen MR) is 151 cm³/mol. The summed E-state index contributed by atoms with van der Waals surface area (Å²) in [4.78, 5) is 31.9. The topological polar surface area (TPSA) is 104 Å². The van der Waals surface area contributed by atoms with Crippen molar-refractivity contribution in [3.63, 3.8) is 0 Å². The molecule has 4 heterocycles. The monoisotopic (exact) mass is 526 g/mol. The van der Waals surface area contributed by atoms with Crippen LogP contribution in [0.5, 0.6) is 0 Å². The molecule has 3 aromatic heterocycles. The molecular formula is C29H34N8O2. The summed E-state index contributed by atoms with van der Waals surface area (Å²) in [5.74, 6) is 0.964. The van der Waals surface area contributed by atoms with E-state index in [4.69, 9.17) is 9.97 Å². The van der Waals surface area contributed by atoms with Gasteiger partial charge in [0.15, 0.2) is 11.5 Å². The molecule has 7 rings (SSSR count). The van der Waals surface area contributed by atoms with Crippen LogP contribution in [0.3, 0.4) is 0 Å². The summed E-state index contributed by atoms with van der Waals surface area (Å²) in [6, 6.07) is 12.2. The molecule has 1 spiro atoms. The van der Waals surface area contributed by atoms with E-state index in [-0.39, 0.29) is 11.0 Å². The number of benzene rings is 1. The Balaban J connectivity index is 1.22. The Morgan fingerprint density at radius 1 is 1.00 bits per heavy atom. The summed E-state index contributed by atoms with van der Waals surface area (Å²) < 4.78 is 3.23. The molecule has 39 heavy (non-hydrogen) atoms. The standard InChI is InChI=1S/C29H34N8O2/c1-4-29(39)24-19(17-28(29)11-12-28)5-10-23(32-24)37-25-22(26(38)35(37)3)18-30-27(33-25)31-20-6-8-21(9-7-20)36-15-13-34(2)14-16-36/h5-10,18,39H,4,11-17H2,1-3H3,(H,30,31,33). The van der Waals surface area contributed by atoms with E-state index in [9.17, 15) is 9.90 Å². The van der Waals surface area contributed by atoms with Crippen molar-refractivity contribution in [3.05, 3.63) is 64.2 Å². The molecule has 1 aromatic carbocycles. The van der Waals surface area contributed by atoms with E-state index in [0.717, 1.165) is 62.4 Å². The number of hydrogen-bond donors (Lipinski definition) is 2. The maximum atomic E-state index is 13.1. The third-order valence-electron chi connectivity index (χ3n) is 9.13. The minimum atomic E-state index is -0.932. The van der Waals surface area contributed by atoms with E-state index < -0.39 is 5.60 Å². The number of anilines is 3. The van der Waals surface area contributed by atoms with Gasteiger partial charge in [0.2, 0.25) is 5.95 Å². The SMILES string of the molecule is CCC1(O)c2nc(-n3c4nc(Nc5ccc(N6CCN(C)CC6)cc5)ncc4c(=O)n3C)ccc2CC12CC2. The molecule has 0 amide bonds. The summed E-state index contributed by atoms with van der Waals surface area (Å²) >= 11 is 0. The van der Waals surface area contributed by atoms with E-state index in [1.165, 1.54) is 10.4 Å². The Morgan fingerprint density at radius 2 is 1.74 bits per heavy atom. The fraction of sp³-hybridized carbons (Fsp3) is 0.448. The van der Waals surface area contributed by atoms with Crippen molar-refractivity contribution in [1.82, 2.24) is 29.2 Å². The lowest BCUT2D eigenvalue weighted by Crippen LogP contribution is -2.44. The average Bonchev–Trinajstić information content (AvgIpc) is 3.64. The highest BCUT2D eigenvalue weighted by Gasteiger charge is 2.63. The van der Waals surface area contributed by atoms with Gasteiger partial charge in [-0.2, -0.15) is 4.98 Å². The van der Waals surface area contributed by atoms with Crippen LogP contribution in [0.15, 0.2) is 47.4 Å². The van der Waals surface area contributed by atoms with Crippen molar-refractivity contribution in [2.24, 2.45) is 12.5 Å². The third kappa shape index (κ3) is 3.69. The lowest BCUT2D eigenvalue weighted by atomic mass is 9.84. The normalized spacial score (nSPS) is 22.0. The van der Waals surface area contributed by atoms with Gasteiger partial charge in [0.1, 0.15) is 11.0 Å². The molecule has 0 bridgehead atoms. The molecule has 1 saturated heterocycles. The van der Waals surface area contributed by atoms with E-state index in [2.05, 4.69) is 39.3 Å². The Labute approximate surface area is 226 Å². The van der Waals surface area contributed by atoms with Crippen molar-refractivity contribution < 1.29 is 5.11 Å². The highest BCUT2D eigenvalue weighted by atomic mass is 16.3. The van der Waals surface area contributed by atoms with E-state index in [1.54, 1.807) is 17.9 Å². The molecule has 3 aliphatic rings. The van der Waals surface area contributed by atoms with Crippen LogP contribution in [-0.4, -0.2) is 67.5 Å². The molecule has 1 atom stereocenters. The van der Waals surface area contributed by atoms with E-state index in [0.29, 0.717) is 29.2 Å². The lowest BCUT2D eigenvalue weighted by Gasteiger charge is -2.34. The number of fused-ring (bicyclic) bond motifs is 2. The van der Waals surface area contributed by atoms with Crippen LogP contribution in [0, 0.1) is 5.41 Å². The Morgan fingerprint density at radius 3 is 2.44 bits per heavy atom. The van der Waals surface area contributed by atoms with Crippen LogP contribution in [-0.2, 0) is 19.1 Å². The minimum absolute atomic E-state index is 0.0838. The summed E-state index contributed by atoms with van der Waals surface area (Å²) in [5, 5.41) is 15.3. The zero-order chi connectivity index (χ0) is 26.9. The number of rotatable bonds is 5. The number of nitrogens with zero attached hydrogens (tertiary/aromatic N) is 7. The van der Waals surface area contributed by atoms with Gasteiger partial charge in [0.25, 0.3) is 5.56 Å². The zero-order valence-electron chi connectivity index (χ0n) is 22.7. The molecule has 2 fully saturated rings. The summed E-state index contributed by atoms with van der Waals surface area (Å²) in [7, 11) is 3.86. The molecule has 0 radical (unpaired) electrons. The maximum absolute atomic E-state index is 13.1. The Hall–Kier alpha value is -3.76. The summed E-state index contributed by atoms with van der Waals surface area (Å²) in [6.45, 7) is 6.17. The van der Waals surface area contributed by atoms with Gasteiger partial charge in [0, 0.05) is 56.2 Å². The highest BCUT2D eigenvalue weighted by Crippen LogP contribution is 2.65. The fourth-order valence-corrected chi connectivity index (χ4v) is 6.51. The largest absolute Gasteiger partial charge is 0.383 e. The number of aromatic nitrogens is 5. The lowest BCUT2D eigenvalue weighted by molar-refractivity contribution is -0.0324. The number of aliphatic hydroxyl groups is 1. The molecule has 4 aromatic rings. The van der Waals surface area contributed by atoms with Gasteiger partial charge in [-0.25, -0.2) is 19.3 Å². The molecular weight excluding hydrogens is 492 g/mol. The van der Waals surface area contributed by atoms with Crippen LogP contribution >= 0.6 is 0 Å². The molecule has 2 aliphatic carbocycles. The van der Waals surface area contributed by atoms with Crippen molar-refractivity contribution in [3.8, 4) is 5.82 Å². The van der Waals surface area contributed by atoms with Gasteiger partial charge in [0.05, 0.1) is 5.69 Å². The predicted octanol–water partition coefficient (Wildman–Crippen LogP) is 2.94. The number of piperazine rings is 1. The number of likely N-dealkylation sites (N-methyl/N-ethyl adjacent to an activating group) is 1. The fourth-order valence-electron chi connectivity index (χ4n) is 6.51. The van der Waals surface area contributed by atoms with Crippen molar-refractivity contribution in [2.75, 3.05) is 43.4 Å². The van der Waals surface area contributed by atoms with Crippen molar-refractivity contribution >= 4 is 28.4 Å². The van der Waals surface area contributed by atoms with Gasteiger partial charge in [-0.1, -0.05) is 13.0 Å². The van der Waals surface area contributed by atoms with Crippen LogP contribution in [0.4, 0.5) is 17.3 Å². The molecule has 1 saturated carbocycles. The molecule has 1 unspecified atom stereocenters. The first kappa shape index (κ1) is 24.3.